The summed E-state index contributed by atoms with van der Waals surface area (Å²) >= 11 is 0. The maximum absolute atomic E-state index is 13.6. The number of nitriles is 1. The Morgan fingerprint density at radius 3 is 2.62 bits per heavy atom. The van der Waals surface area contributed by atoms with Gasteiger partial charge < -0.3 is 5.73 Å². The lowest BCUT2D eigenvalue weighted by Crippen LogP contribution is -2.35. The number of halogens is 1. The number of nitrogens with two attached hydrogens (primary N) is 1. The number of nitrogens with zero attached hydrogens (tertiary/aromatic N) is 2. The molecule has 0 unspecified atom stereocenters. The molecule has 0 aliphatic heterocycles. The number of anilines is 1. The maximum Gasteiger partial charge on any atom is 0.243 e. The van der Waals surface area contributed by atoms with Crippen molar-refractivity contribution < 1.29 is 12.8 Å². The van der Waals surface area contributed by atoms with Crippen LogP contribution in [0.15, 0.2) is 11.0 Å². The molecule has 1 aromatic rings. The first-order chi connectivity index (χ1) is 9.80. The van der Waals surface area contributed by atoms with Gasteiger partial charge in [0, 0.05) is 19.0 Å². The molecule has 7 heteroatoms. The second-order valence-corrected chi connectivity index (χ2v) is 7.13. The lowest BCUT2D eigenvalue weighted by Gasteiger charge is -2.23. The van der Waals surface area contributed by atoms with E-state index in [1.165, 1.54) is 11.2 Å². The van der Waals surface area contributed by atoms with Crippen molar-refractivity contribution in [2.45, 2.75) is 44.0 Å². The largest absolute Gasteiger partial charge is 0.396 e. The monoisotopic (exact) mass is 311 g/mol. The van der Waals surface area contributed by atoms with Crippen LogP contribution in [0.1, 0.15) is 30.4 Å². The van der Waals surface area contributed by atoms with E-state index in [9.17, 15) is 12.8 Å². The molecule has 1 aliphatic rings. The zero-order valence-electron chi connectivity index (χ0n) is 12.1. The molecule has 0 spiro atoms. The highest BCUT2D eigenvalue weighted by Gasteiger charge is 2.39. The van der Waals surface area contributed by atoms with Crippen LogP contribution in [-0.4, -0.2) is 25.3 Å². The van der Waals surface area contributed by atoms with E-state index in [0.29, 0.717) is 5.56 Å². The van der Waals surface area contributed by atoms with Crippen LogP contribution in [0.5, 0.6) is 0 Å². The highest BCUT2D eigenvalue weighted by Crippen LogP contribution is 2.36. The van der Waals surface area contributed by atoms with E-state index in [0.717, 1.165) is 18.9 Å². The summed E-state index contributed by atoms with van der Waals surface area (Å²) in [4.78, 5) is 0.0613. The smallest absolute Gasteiger partial charge is 0.243 e. The lowest BCUT2D eigenvalue weighted by atomic mass is 10.1. The van der Waals surface area contributed by atoms with Gasteiger partial charge >= 0.3 is 0 Å². The summed E-state index contributed by atoms with van der Waals surface area (Å²) in [6.07, 6.45) is 1.71. The van der Waals surface area contributed by atoms with Crippen LogP contribution in [0.4, 0.5) is 10.1 Å². The van der Waals surface area contributed by atoms with Gasteiger partial charge in [0.1, 0.15) is 5.82 Å². The fraction of sp³-hybridized carbons (Fsp3) is 0.500. The Morgan fingerprint density at radius 1 is 1.48 bits per heavy atom. The number of aryl methyl sites for hydroxylation is 1. The van der Waals surface area contributed by atoms with Crippen molar-refractivity contribution in [3.05, 3.63) is 23.0 Å². The summed E-state index contributed by atoms with van der Waals surface area (Å²) in [5.74, 6) is -0.612. The minimum Gasteiger partial charge on any atom is -0.396 e. The van der Waals surface area contributed by atoms with Crippen LogP contribution >= 0.6 is 0 Å². The Labute approximate surface area is 124 Å². The molecule has 21 heavy (non-hydrogen) atoms. The summed E-state index contributed by atoms with van der Waals surface area (Å²) < 4.78 is 40.7. The van der Waals surface area contributed by atoms with Gasteiger partial charge in [0.25, 0.3) is 0 Å². The van der Waals surface area contributed by atoms with Crippen LogP contribution in [0.25, 0.3) is 0 Å². The molecule has 0 amide bonds. The quantitative estimate of drug-likeness (QED) is 0.843. The highest BCUT2D eigenvalue weighted by molar-refractivity contribution is 7.89. The molecule has 0 aromatic heterocycles. The number of benzene rings is 1. The number of sulfonamides is 1. The first-order valence-corrected chi connectivity index (χ1v) is 8.18. The molecule has 0 bridgehead atoms. The molecule has 1 fully saturated rings. The van der Waals surface area contributed by atoms with Gasteiger partial charge in [0.2, 0.25) is 10.0 Å². The number of nitrogen functional groups attached to an aromatic ring is 1. The van der Waals surface area contributed by atoms with Crippen LogP contribution in [0.3, 0.4) is 0 Å². The normalized spacial score (nSPS) is 15.2. The Bertz CT molecular complexity index is 706. The molecule has 1 aliphatic carbocycles. The summed E-state index contributed by atoms with van der Waals surface area (Å²) in [5.41, 5.74) is 6.05. The third kappa shape index (κ3) is 2.87. The Balaban J connectivity index is 2.53. The molecule has 0 saturated heterocycles. The van der Waals surface area contributed by atoms with Crippen LogP contribution in [0.2, 0.25) is 0 Å². The van der Waals surface area contributed by atoms with Crippen LogP contribution in [-0.2, 0) is 10.0 Å². The average Bonchev–Trinajstić information content (AvgIpc) is 3.20. The molecule has 1 saturated carbocycles. The van der Waals surface area contributed by atoms with E-state index in [-0.39, 0.29) is 35.2 Å². The molecule has 2 N–H and O–H groups in total. The fourth-order valence-electron chi connectivity index (χ4n) is 2.47. The van der Waals surface area contributed by atoms with Crippen molar-refractivity contribution in [3.8, 4) is 6.07 Å². The molecule has 2 rings (SSSR count). The first-order valence-electron chi connectivity index (χ1n) is 6.74. The SMILES string of the molecule is Cc1cc(F)c(N)c(C)c1S(=O)(=O)N(CCC#N)C1CC1. The van der Waals surface area contributed by atoms with E-state index < -0.39 is 15.8 Å². The molecule has 0 heterocycles. The van der Waals surface area contributed by atoms with E-state index >= 15 is 0 Å². The minimum absolute atomic E-state index is 0.0613. The van der Waals surface area contributed by atoms with Crippen molar-refractivity contribution >= 4 is 15.7 Å². The summed E-state index contributed by atoms with van der Waals surface area (Å²) in [5, 5.41) is 8.70. The van der Waals surface area contributed by atoms with Gasteiger partial charge in [-0.25, -0.2) is 12.8 Å². The molecular weight excluding hydrogens is 293 g/mol. The fourth-order valence-corrected chi connectivity index (χ4v) is 4.60. The van der Waals surface area contributed by atoms with Crippen LogP contribution in [0, 0.1) is 31.0 Å². The number of rotatable bonds is 5. The Morgan fingerprint density at radius 2 is 2.10 bits per heavy atom. The molecule has 1 aromatic carbocycles. The first kappa shape index (κ1) is 15.7. The predicted octanol–water partition coefficient (Wildman–Crippen LogP) is 2.09. The van der Waals surface area contributed by atoms with Crippen molar-refractivity contribution in [3.63, 3.8) is 0 Å². The molecule has 114 valence electrons. The lowest BCUT2D eigenvalue weighted by molar-refractivity contribution is 0.410. The van der Waals surface area contributed by atoms with Crippen molar-refractivity contribution in [2.24, 2.45) is 0 Å². The van der Waals surface area contributed by atoms with Gasteiger partial charge in [-0.1, -0.05) is 0 Å². The van der Waals surface area contributed by atoms with E-state index in [1.54, 1.807) is 6.92 Å². The third-order valence-corrected chi connectivity index (χ3v) is 5.91. The molecule has 0 atom stereocenters. The van der Waals surface area contributed by atoms with Gasteiger partial charge in [0.15, 0.2) is 0 Å². The number of hydrogen-bond donors (Lipinski definition) is 1. The second kappa shape index (κ2) is 5.62. The van der Waals surface area contributed by atoms with Crippen molar-refractivity contribution in [1.82, 2.24) is 4.31 Å². The zero-order valence-corrected chi connectivity index (χ0v) is 12.9. The van der Waals surface area contributed by atoms with Gasteiger partial charge in [-0.3, -0.25) is 0 Å². The van der Waals surface area contributed by atoms with E-state index in [1.807, 2.05) is 6.07 Å². The molecular formula is C14H18FN3O2S. The second-order valence-electron chi connectivity index (χ2n) is 5.30. The third-order valence-electron chi connectivity index (χ3n) is 3.67. The molecule has 0 radical (unpaired) electrons. The predicted molar refractivity (Wildman–Crippen MR) is 77.4 cm³/mol. The van der Waals surface area contributed by atoms with Crippen LogP contribution < -0.4 is 5.73 Å². The Hall–Kier alpha value is -1.65. The summed E-state index contributed by atoms with van der Waals surface area (Å²) in [6.45, 7) is 3.21. The minimum atomic E-state index is -3.78. The van der Waals surface area contributed by atoms with Gasteiger partial charge in [-0.15, -0.1) is 0 Å². The van der Waals surface area contributed by atoms with E-state index in [4.69, 9.17) is 11.0 Å². The standard InChI is InChI=1S/C14H18FN3O2S/c1-9-8-12(15)13(17)10(2)14(9)21(19,20)18(7-3-6-16)11-4-5-11/h8,11H,3-5,7,17H2,1-2H3. The summed E-state index contributed by atoms with van der Waals surface area (Å²) in [6, 6.07) is 3.05. The van der Waals surface area contributed by atoms with Crippen molar-refractivity contribution in [1.29, 1.82) is 5.26 Å². The Kier molecular flexibility index (Phi) is 4.21. The maximum atomic E-state index is 13.6. The van der Waals surface area contributed by atoms with Crippen molar-refractivity contribution in [2.75, 3.05) is 12.3 Å². The topological polar surface area (TPSA) is 87.2 Å². The summed E-state index contributed by atoms with van der Waals surface area (Å²) in [7, 11) is -3.78. The van der Waals surface area contributed by atoms with Gasteiger partial charge in [-0.2, -0.15) is 9.57 Å². The van der Waals surface area contributed by atoms with Gasteiger partial charge in [0.05, 0.1) is 16.7 Å². The zero-order chi connectivity index (χ0) is 15.8. The highest BCUT2D eigenvalue weighted by atomic mass is 32.2. The van der Waals surface area contributed by atoms with Gasteiger partial charge in [-0.05, 0) is 43.9 Å². The van der Waals surface area contributed by atoms with E-state index in [2.05, 4.69) is 0 Å². The number of hydrogen-bond acceptors (Lipinski definition) is 4. The molecule has 5 nitrogen and oxygen atoms in total. The average molecular weight is 311 g/mol.